The molecule has 0 fully saturated rings. The summed E-state index contributed by atoms with van der Waals surface area (Å²) >= 11 is 0. The van der Waals surface area contributed by atoms with Crippen molar-refractivity contribution in [3.05, 3.63) is 89.2 Å². The number of fused-ring (bicyclic) bond motifs is 2. The van der Waals surface area contributed by atoms with Gasteiger partial charge in [-0.05, 0) is 54.8 Å². The summed E-state index contributed by atoms with van der Waals surface area (Å²) in [5, 5.41) is 0. The van der Waals surface area contributed by atoms with E-state index in [2.05, 4.69) is 4.98 Å². The van der Waals surface area contributed by atoms with Gasteiger partial charge in [0.1, 0.15) is 5.69 Å². The topological polar surface area (TPSA) is 87.7 Å². The predicted octanol–water partition coefficient (Wildman–Crippen LogP) is 3.02. The van der Waals surface area contributed by atoms with Crippen LogP contribution in [0.5, 0.6) is 0 Å². The maximum atomic E-state index is 13.3. The van der Waals surface area contributed by atoms with Crippen molar-refractivity contribution >= 4 is 27.5 Å². The summed E-state index contributed by atoms with van der Waals surface area (Å²) < 4.78 is 28.1. The highest BCUT2D eigenvalue weighted by Gasteiger charge is 2.37. The lowest BCUT2D eigenvalue weighted by molar-refractivity contribution is 0.0640. The molecule has 8 heteroatoms. The van der Waals surface area contributed by atoms with Crippen molar-refractivity contribution in [2.24, 2.45) is 0 Å². The lowest BCUT2D eigenvalue weighted by Gasteiger charge is -2.24. The highest BCUT2D eigenvalue weighted by molar-refractivity contribution is 7.92. The van der Waals surface area contributed by atoms with E-state index in [-0.39, 0.29) is 28.7 Å². The lowest BCUT2D eigenvalue weighted by atomic mass is 10.1. The Hall–Kier alpha value is -3.52. The first kappa shape index (κ1) is 19.4. The largest absolute Gasteiger partial charge is 0.280 e. The van der Waals surface area contributed by atoms with Gasteiger partial charge in [0.15, 0.2) is 0 Å². The number of amides is 2. The highest BCUT2D eigenvalue weighted by atomic mass is 32.2. The van der Waals surface area contributed by atoms with Gasteiger partial charge in [-0.2, -0.15) is 0 Å². The molecule has 2 aliphatic rings. The molecule has 1 aromatic heterocycles. The van der Waals surface area contributed by atoms with E-state index < -0.39 is 21.8 Å². The molecular formula is C23H19N3O4S. The summed E-state index contributed by atoms with van der Waals surface area (Å²) in [5.41, 5.74) is 2.80. The van der Waals surface area contributed by atoms with Gasteiger partial charge in [-0.15, -0.1) is 0 Å². The molecule has 2 amide bonds. The molecule has 3 aromatic rings. The van der Waals surface area contributed by atoms with Gasteiger partial charge in [0.25, 0.3) is 21.8 Å². The van der Waals surface area contributed by atoms with Crippen molar-refractivity contribution in [3.8, 4) is 0 Å². The van der Waals surface area contributed by atoms with Crippen LogP contribution < -0.4 is 4.31 Å². The second kappa shape index (κ2) is 7.02. The Labute approximate surface area is 180 Å². The van der Waals surface area contributed by atoms with Crippen LogP contribution in [0.15, 0.2) is 71.8 Å². The Bertz CT molecular complexity index is 1280. The number of hydrogen-bond donors (Lipinski definition) is 0. The maximum Gasteiger partial charge on any atom is 0.280 e. The van der Waals surface area contributed by atoms with Gasteiger partial charge < -0.3 is 0 Å². The fourth-order valence-electron chi connectivity index (χ4n) is 4.22. The number of imide groups is 1. The van der Waals surface area contributed by atoms with Crippen LogP contribution in [-0.4, -0.2) is 36.2 Å². The van der Waals surface area contributed by atoms with E-state index in [0.29, 0.717) is 17.7 Å². The molecule has 156 valence electrons. The Kier molecular flexibility index (Phi) is 4.40. The summed E-state index contributed by atoms with van der Waals surface area (Å²) in [5.74, 6) is -0.841. The summed E-state index contributed by atoms with van der Waals surface area (Å²) in [6, 6.07) is 16.8. The number of para-hydroxylation sites is 1. The molecule has 7 nitrogen and oxygen atoms in total. The van der Waals surface area contributed by atoms with Crippen LogP contribution in [-0.2, 0) is 23.0 Å². The summed E-state index contributed by atoms with van der Waals surface area (Å²) in [7, 11) is -3.73. The molecule has 0 bridgehead atoms. The predicted molar refractivity (Wildman–Crippen MR) is 114 cm³/mol. The van der Waals surface area contributed by atoms with Gasteiger partial charge in [0.2, 0.25) is 0 Å². The van der Waals surface area contributed by atoms with E-state index >= 15 is 0 Å². The number of carbonyl (C=O) groups is 2. The molecular weight excluding hydrogens is 414 g/mol. The van der Waals surface area contributed by atoms with Gasteiger partial charge in [-0.25, -0.2) is 8.42 Å². The first-order chi connectivity index (χ1) is 14.9. The van der Waals surface area contributed by atoms with E-state index in [1.165, 1.54) is 22.6 Å². The standard InChI is InChI=1S/C23H19N3O4S/c1-15-13-17-5-2-3-7-20(17)26(15)31(29,30)18-10-8-16(9-11-18)14-25-22(27)19-6-4-12-24-21(19)23(25)28/h2-12,15H,13-14H2,1H3/t15-/m1/s1. The maximum absolute atomic E-state index is 13.3. The smallest absolute Gasteiger partial charge is 0.268 e. The second-order valence-corrected chi connectivity index (χ2v) is 9.54. The van der Waals surface area contributed by atoms with Crippen LogP contribution >= 0.6 is 0 Å². The minimum atomic E-state index is -3.73. The van der Waals surface area contributed by atoms with Crippen molar-refractivity contribution in [1.29, 1.82) is 0 Å². The molecule has 0 saturated heterocycles. The normalized spacial score (nSPS) is 17.8. The third-order valence-electron chi connectivity index (χ3n) is 5.70. The number of benzene rings is 2. The van der Waals surface area contributed by atoms with Crippen molar-refractivity contribution in [2.75, 3.05) is 4.31 Å². The molecule has 0 spiro atoms. The van der Waals surface area contributed by atoms with E-state index in [4.69, 9.17) is 0 Å². The molecule has 0 aliphatic carbocycles. The molecule has 2 aliphatic heterocycles. The number of anilines is 1. The molecule has 5 rings (SSSR count). The van der Waals surface area contributed by atoms with Crippen molar-refractivity contribution in [2.45, 2.75) is 30.8 Å². The van der Waals surface area contributed by atoms with Gasteiger partial charge in [-0.3, -0.25) is 23.8 Å². The lowest BCUT2D eigenvalue weighted by Crippen LogP contribution is -2.35. The number of aromatic nitrogens is 1. The number of hydrogen-bond acceptors (Lipinski definition) is 5. The molecule has 0 unspecified atom stereocenters. The van der Waals surface area contributed by atoms with Crippen LogP contribution in [0, 0.1) is 0 Å². The first-order valence-corrected chi connectivity index (χ1v) is 11.3. The average Bonchev–Trinajstić information content (AvgIpc) is 3.24. The van der Waals surface area contributed by atoms with E-state index in [0.717, 1.165) is 10.5 Å². The molecule has 1 atom stereocenters. The third-order valence-corrected chi connectivity index (χ3v) is 7.64. The SMILES string of the molecule is C[C@@H]1Cc2ccccc2N1S(=O)(=O)c1ccc(CN2C(=O)c3cccnc3C2=O)cc1. The van der Waals surface area contributed by atoms with Gasteiger partial charge >= 0.3 is 0 Å². The quantitative estimate of drug-likeness (QED) is 0.590. The van der Waals surface area contributed by atoms with Crippen molar-refractivity contribution in [1.82, 2.24) is 9.88 Å². The van der Waals surface area contributed by atoms with E-state index in [9.17, 15) is 18.0 Å². The molecule has 31 heavy (non-hydrogen) atoms. The van der Waals surface area contributed by atoms with Crippen LogP contribution in [0.25, 0.3) is 0 Å². The van der Waals surface area contributed by atoms with Gasteiger partial charge in [0.05, 0.1) is 22.7 Å². The first-order valence-electron chi connectivity index (χ1n) is 9.90. The Morgan fingerprint density at radius 3 is 2.45 bits per heavy atom. The van der Waals surface area contributed by atoms with Crippen LogP contribution in [0.4, 0.5) is 5.69 Å². The monoisotopic (exact) mass is 433 g/mol. The van der Waals surface area contributed by atoms with E-state index in [1.807, 2.05) is 31.2 Å². The molecule has 0 radical (unpaired) electrons. The number of rotatable bonds is 4. The zero-order valence-corrected chi connectivity index (χ0v) is 17.5. The van der Waals surface area contributed by atoms with Crippen LogP contribution in [0.2, 0.25) is 0 Å². The Morgan fingerprint density at radius 1 is 0.968 bits per heavy atom. The second-order valence-electron chi connectivity index (χ2n) is 7.72. The van der Waals surface area contributed by atoms with Crippen LogP contribution in [0.3, 0.4) is 0 Å². The number of pyridine rings is 1. The summed E-state index contributed by atoms with van der Waals surface area (Å²) in [6.07, 6.45) is 2.14. The summed E-state index contributed by atoms with van der Waals surface area (Å²) in [4.78, 5) is 30.3. The minimum absolute atomic E-state index is 0.0529. The highest BCUT2D eigenvalue weighted by Crippen LogP contribution is 2.36. The molecule has 3 heterocycles. The third kappa shape index (κ3) is 3.02. The fourth-order valence-corrected chi connectivity index (χ4v) is 5.92. The van der Waals surface area contributed by atoms with Crippen molar-refractivity contribution in [3.63, 3.8) is 0 Å². The number of nitrogens with zero attached hydrogens (tertiary/aromatic N) is 3. The van der Waals surface area contributed by atoms with E-state index in [1.54, 1.807) is 24.3 Å². The zero-order valence-electron chi connectivity index (χ0n) is 16.7. The molecule has 0 N–H and O–H groups in total. The average molecular weight is 433 g/mol. The van der Waals surface area contributed by atoms with Crippen molar-refractivity contribution < 1.29 is 18.0 Å². The minimum Gasteiger partial charge on any atom is -0.268 e. The van der Waals surface area contributed by atoms with Crippen LogP contribution in [0.1, 0.15) is 38.9 Å². The molecule has 2 aromatic carbocycles. The Balaban J connectivity index is 1.40. The Morgan fingerprint density at radius 2 is 1.71 bits per heavy atom. The molecule has 0 saturated carbocycles. The van der Waals surface area contributed by atoms with Gasteiger partial charge in [-0.1, -0.05) is 30.3 Å². The van der Waals surface area contributed by atoms with Gasteiger partial charge in [0, 0.05) is 12.2 Å². The summed E-state index contributed by atoms with van der Waals surface area (Å²) in [6.45, 7) is 1.94. The number of carbonyl (C=O) groups excluding carboxylic acids is 2. The number of sulfonamides is 1. The fraction of sp³-hybridized carbons (Fsp3) is 0.174. The zero-order chi connectivity index (χ0) is 21.8.